The van der Waals surface area contributed by atoms with Crippen molar-refractivity contribution in [2.75, 3.05) is 11.4 Å². The van der Waals surface area contributed by atoms with Crippen molar-refractivity contribution in [1.29, 1.82) is 0 Å². The molecule has 8 nitrogen and oxygen atoms in total. The first-order valence-electron chi connectivity index (χ1n) is 11.8. The van der Waals surface area contributed by atoms with Crippen LogP contribution in [0.5, 0.6) is 0 Å². The number of sulfone groups is 1. The van der Waals surface area contributed by atoms with E-state index in [4.69, 9.17) is 16.3 Å². The third kappa shape index (κ3) is 4.51. The van der Waals surface area contributed by atoms with Crippen LogP contribution < -0.4 is 4.90 Å². The zero-order valence-electron chi connectivity index (χ0n) is 20.1. The van der Waals surface area contributed by atoms with Crippen LogP contribution >= 0.6 is 11.6 Å². The third-order valence-corrected chi connectivity index (χ3v) is 11.2. The Morgan fingerprint density at radius 2 is 1.70 bits per heavy atom. The number of hydrogen-bond acceptors (Lipinski definition) is 7. The smallest absolute Gasteiger partial charge is 0.345 e. The number of alkyl halides is 2. The van der Waals surface area contributed by atoms with Gasteiger partial charge in [0.25, 0.3) is 10.0 Å². The Bertz CT molecular complexity index is 1550. The van der Waals surface area contributed by atoms with E-state index in [1.54, 1.807) is 32.0 Å². The maximum atomic E-state index is 13.7. The Kier molecular flexibility index (Phi) is 6.53. The second-order valence-corrected chi connectivity index (χ2v) is 14.4. The first-order chi connectivity index (χ1) is 17.4. The zero-order chi connectivity index (χ0) is 26.8. The van der Waals surface area contributed by atoms with Gasteiger partial charge in [0.15, 0.2) is 15.7 Å². The summed E-state index contributed by atoms with van der Waals surface area (Å²) in [5.41, 5.74) is -0.178. The van der Waals surface area contributed by atoms with Crippen LogP contribution in [-0.4, -0.2) is 56.1 Å². The Hall–Kier alpha value is -2.28. The number of ether oxygens (including phenoxy) is 1. The largest absolute Gasteiger partial charge is 0.349 e. The van der Waals surface area contributed by atoms with Gasteiger partial charge in [0.1, 0.15) is 0 Å². The molecule has 2 heterocycles. The highest BCUT2D eigenvalue weighted by Crippen LogP contribution is 2.52. The van der Waals surface area contributed by atoms with E-state index in [0.29, 0.717) is 35.6 Å². The van der Waals surface area contributed by atoms with Gasteiger partial charge >= 0.3 is 6.61 Å². The van der Waals surface area contributed by atoms with Crippen molar-refractivity contribution < 1.29 is 30.4 Å². The van der Waals surface area contributed by atoms with Crippen LogP contribution in [0.4, 0.5) is 14.6 Å². The molecule has 3 aromatic rings. The molecule has 1 atom stereocenters. The standard InChI is InChI=1S/C24H26ClF2N3O5S2/c1-15(2)36(31,32)17-6-8-18(9-7-17)37(33,34)30-20-5-3-4-19(25)21(20)22(28-30)29-13-10-16(35-23(26)27)14-24(29)11-12-24/h3-9,15-16,23H,10-14H2,1-2H3. The van der Waals surface area contributed by atoms with E-state index < -0.39 is 43.4 Å². The molecule has 0 bridgehead atoms. The van der Waals surface area contributed by atoms with E-state index in [9.17, 15) is 25.6 Å². The quantitative estimate of drug-likeness (QED) is 0.398. The Morgan fingerprint density at radius 3 is 2.30 bits per heavy atom. The molecule has 2 aliphatic rings. The number of anilines is 1. The molecule has 0 radical (unpaired) electrons. The van der Waals surface area contributed by atoms with Crippen molar-refractivity contribution in [2.24, 2.45) is 0 Å². The normalized spacial score (nSPS) is 19.9. The van der Waals surface area contributed by atoms with Crippen molar-refractivity contribution in [2.45, 2.75) is 72.8 Å². The molecule has 1 saturated heterocycles. The van der Waals surface area contributed by atoms with Crippen LogP contribution in [0.3, 0.4) is 0 Å². The van der Waals surface area contributed by atoms with Crippen LogP contribution in [0.2, 0.25) is 5.02 Å². The molecule has 2 fully saturated rings. The highest BCUT2D eigenvalue weighted by molar-refractivity contribution is 7.92. The number of aromatic nitrogens is 2. The van der Waals surface area contributed by atoms with Crippen LogP contribution in [0.1, 0.15) is 39.5 Å². The van der Waals surface area contributed by atoms with Crippen molar-refractivity contribution in [1.82, 2.24) is 9.19 Å². The fraction of sp³-hybridized carbons (Fsp3) is 0.458. The topological polar surface area (TPSA) is 98.6 Å². The zero-order valence-corrected chi connectivity index (χ0v) is 22.5. The fourth-order valence-electron chi connectivity index (χ4n) is 4.99. The van der Waals surface area contributed by atoms with Gasteiger partial charge in [0, 0.05) is 12.1 Å². The van der Waals surface area contributed by atoms with E-state index in [1.807, 2.05) is 4.90 Å². The molecule has 1 aliphatic carbocycles. The number of rotatable bonds is 7. The molecular weight excluding hydrogens is 548 g/mol. The number of piperidine rings is 1. The molecule has 37 heavy (non-hydrogen) atoms. The fourth-order valence-corrected chi connectivity index (χ4v) is 7.58. The molecule has 0 N–H and O–H groups in total. The van der Waals surface area contributed by atoms with E-state index in [0.717, 1.165) is 16.9 Å². The highest BCUT2D eigenvalue weighted by Gasteiger charge is 2.53. The van der Waals surface area contributed by atoms with Crippen LogP contribution in [0, 0.1) is 0 Å². The van der Waals surface area contributed by atoms with E-state index in [2.05, 4.69) is 5.10 Å². The van der Waals surface area contributed by atoms with Gasteiger partial charge in [-0.2, -0.15) is 21.3 Å². The monoisotopic (exact) mass is 573 g/mol. The minimum atomic E-state index is -4.22. The molecule has 1 aliphatic heterocycles. The molecule has 5 rings (SSSR count). The number of nitrogens with zero attached hydrogens (tertiary/aromatic N) is 3. The predicted molar refractivity (Wildman–Crippen MR) is 136 cm³/mol. The van der Waals surface area contributed by atoms with Gasteiger partial charge in [0.2, 0.25) is 0 Å². The number of hydrogen-bond donors (Lipinski definition) is 0. The summed E-state index contributed by atoms with van der Waals surface area (Å²) in [6.45, 7) is 0.608. The van der Waals surface area contributed by atoms with Gasteiger partial charge in [-0.15, -0.1) is 5.10 Å². The van der Waals surface area contributed by atoms with Gasteiger partial charge in [-0.05, 0) is 75.9 Å². The van der Waals surface area contributed by atoms with E-state index >= 15 is 0 Å². The minimum Gasteiger partial charge on any atom is -0.349 e. The molecule has 200 valence electrons. The van der Waals surface area contributed by atoms with Crippen LogP contribution in [-0.2, 0) is 24.6 Å². The van der Waals surface area contributed by atoms with E-state index in [-0.39, 0.29) is 15.3 Å². The lowest BCUT2D eigenvalue weighted by molar-refractivity contribution is -0.169. The summed E-state index contributed by atoms with van der Waals surface area (Å²) in [7, 11) is -7.80. The summed E-state index contributed by atoms with van der Waals surface area (Å²) in [5, 5.41) is 4.62. The molecule has 13 heteroatoms. The van der Waals surface area contributed by atoms with Crippen molar-refractivity contribution in [3.63, 3.8) is 0 Å². The average Bonchev–Trinajstić information content (AvgIpc) is 3.47. The lowest BCUT2D eigenvalue weighted by atomic mass is 9.96. The number of benzene rings is 2. The Morgan fingerprint density at radius 1 is 1.05 bits per heavy atom. The first-order valence-corrected chi connectivity index (χ1v) is 15.2. The van der Waals surface area contributed by atoms with Crippen LogP contribution in [0.25, 0.3) is 10.9 Å². The summed E-state index contributed by atoms with van der Waals surface area (Å²) >= 11 is 6.54. The molecule has 1 spiro atoms. The second kappa shape index (κ2) is 9.18. The van der Waals surface area contributed by atoms with Gasteiger partial charge in [0.05, 0.1) is 37.1 Å². The molecule has 1 saturated carbocycles. The molecular formula is C24H26ClF2N3O5S2. The maximum Gasteiger partial charge on any atom is 0.345 e. The van der Waals surface area contributed by atoms with Gasteiger partial charge in [-0.25, -0.2) is 8.42 Å². The molecule has 1 aromatic heterocycles. The lowest BCUT2D eigenvalue weighted by Gasteiger charge is -2.40. The summed E-state index contributed by atoms with van der Waals surface area (Å²) in [4.78, 5) is 1.87. The summed E-state index contributed by atoms with van der Waals surface area (Å²) in [5.74, 6) is 0.371. The molecule has 1 unspecified atom stereocenters. The summed E-state index contributed by atoms with van der Waals surface area (Å²) < 4.78 is 83.6. The van der Waals surface area contributed by atoms with E-state index in [1.165, 1.54) is 24.3 Å². The SMILES string of the molecule is CC(C)S(=O)(=O)c1ccc(S(=O)(=O)n2nc(N3CCC(OC(F)F)CC34CC4)c3c(Cl)cccc32)cc1. The highest BCUT2D eigenvalue weighted by atomic mass is 35.5. The minimum absolute atomic E-state index is 0.0278. The van der Waals surface area contributed by atoms with Crippen molar-refractivity contribution in [3.05, 3.63) is 47.5 Å². The van der Waals surface area contributed by atoms with Gasteiger partial charge in [-0.1, -0.05) is 17.7 Å². The summed E-state index contributed by atoms with van der Waals surface area (Å²) in [6.07, 6.45) is 1.62. The van der Waals surface area contributed by atoms with Crippen molar-refractivity contribution in [3.8, 4) is 0 Å². The molecule has 2 aromatic carbocycles. The van der Waals surface area contributed by atoms with Gasteiger partial charge in [-0.3, -0.25) is 0 Å². The lowest BCUT2D eigenvalue weighted by Crippen LogP contribution is -2.47. The Balaban J connectivity index is 1.57. The van der Waals surface area contributed by atoms with Gasteiger partial charge < -0.3 is 9.64 Å². The maximum absolute atomic E-state index is 13.7. The Labute approximate surface area is 219 Å². The first kappa shape index (κ1) is 26.3. The molecule has 0 amide bonds. The second-order valence-electron chi connectivity index (χ2n) is 9.76. The van der Waals surface area contributed by atoms with Crippen LogP contribution in [0.15, 0.2) is 52.3 Å². The predicted octanol–water partition coefficient (Wildman–Crippen LogP) is 4.85. The average molecular weight is 574 g/mol. The summed E-state index contributed by atoms with van der Waals surface area (Å²) in [6, 6.07) is 9.90. The third-order valence-electron chi connectivity index (χ3n) is 7.14. The van der Waals surface area contributed by atoms with Crippen molar-refractivity contribution >= 4 is 48.2 Å². The number of halogens is 3. The number of fused-ring (bicyclic) bond motifs is 1.